The number of ether oxygens (including phenoxy) is 8. The van der Waals surface area contributed by atoms with Gasteiger partial charge in [-0.05, 0) is 103 Å². The monoisotopic (exact) mass is 1100 g/mol. The maximum absolute atomic E-state index is 4.94. The van der Waals surface area contributed by atoms with E-state index in [1.807, 2.05) is 182 Å². The Balaban J connectivity index is -0.000000721. The molecule has 73 heavy (non-hydrogen) atoms. The summed E-state index contributed by atoms with van der Waals surface area (Å²) >= 11 is 0. The fourth-order valence-electron chi connectivity index (χ4n) is 6.01. The van der Waals surface area contributed by atoms with Crippen LogP contribution in [0.4, 0.5) is 0 Å². The molecule has 0 N–H and O–H groups in total. The first kappa shape index (κ1) is 74.8. The molecule has 14 rings (SSSR count). The molecule has 0 amide bonds. The minimum absolute atomic E-state index is 0. The van der Waals surface area contributed by atoms with Crippen LogP contribution in [0.5, 0.6) is 0 Å². The second-order valence-electron chi connectivity index (χ2n) is 16.3. The van der Waals surface area contributed by atoms with Gasteiger partial charge >= 0.3 is 57.2 Å². The zero-order valence-electron chi connectivity index (χ0n) is 44.7. The van der Waals surface area contributed by atoms with Gasteiger partial charge < -0.3 is 37.9 Å². The fraction of sp³-hybridized carbons (Fsp3) is 0.516. The molecule has 8 aliphatic heterocycles. The van der Waals surface area contributed by atoms with E-state index >= 15 is 0 Å². The molecule has 6 aromatic rings. The van der Waals surface area contributed by atoms with Crippen LogP contribution in [0.3, 0.4) is 0 Å². The van der Waals surface area contributed by atoms with Crippen LogP contribution in [-0.2, 0) is 72.0 Å². The maximum Gasteiger partial charge on any atom is 2.00 e. The second-order valence-corrected chi connectivity index (χ2v) is 16.3. The van der Waals surface area contributed by atoms with Gasteiger partial charge in [0.25, 0.3) is 0 Å². The SMILES string of the molecule is C1CCOC1.C1CCOC1.C1CCOC1.C1CCOC1.C1CCOC1.C1CCOC1.C1CCOC1.C1CCOC1.[Mg+2].[Mn+2].[Mn+2].c1cc[cH-]c1.c1cc[cH-]c1.c1cc[cH-]c1.c1cc[cH-]c1.c1cc[cH-]c1.c1cc[cH-]c1. The van der Waals surface area contributed by atoms with Gasteiger partial charge in [0.05, 0.1) is 0 Å². The van der Waals surface area contributed by atoms with Gasteiger partial charge in [-0.25, -0.2) is 72.8 Å². The Kier molecular flexibility index (Phi) is 73.5. The molecular weight excluding hydrogens is 1010 g/mol. The molecule has 0 spiro atoms. The van der Waals surface area contributed by atoms with Gasteiger partial charge in [-0.3, -0.25) is 0 Å². The van der Waals surface area contributed by atoms with E-state index in [4.69, 9.17) is 37.9 Å². The van der Waals surface area contributed by atoms with Gasteiger partial charge in [-0.1, -0.05) is 0 Å². The molecule has 0 unspecified atom stereocenters. The Morgan fingerprint density at radius 3 is 0.274 bits per heavy atom. The van der Waals surface area contributed by atoms with Gasteiger partial charge in [0.15, 0.2) is 0 Å². The molecule has 0 bridgehead atoms. The molecule has 6 aromatic carbocycles. The van der Waals surface area contributed by atoms with Crippen molar-refractivity contribution in [2.24, 2.45) is 0 Å². The van der Waals surface area contributed by atoms with Crippen LogP contribution in [0.25, 0.3) is 0 Å². The molecule has 0 aliphatic carbocycles. The van der Waals surface area contributed by atoms with Crippen molar-refractivity contribution in [3.63, 3.8) is 0 Å². The number of rotatable bonds is 0. The van der Waals surface area contributed by atoms with E-state index < -0.39 is 0 Å². The fourth-order valence-corrected chi connectivity index (χ4v) is 6.01. The van der Waals surface area contributed by atoms with Gasteiger partial charge in [-0.2, -0.15) is 109 Å². The smallest absolute Gasteiger partial charge is 0.381 e. The van der Waals surface area contributed by atoms with Crippen molar-refractivity contribution in [2.75, 3.05) is 106 Å². The largest absolute Gasteiger partial charge is 2.00 e. The Bertz CT molecular complexity index is 1030. The van der Waals surface area contributed by atoms with E-state index in [1.54, 1.807) is 0 Å². The van der Waals surface area contributed by atoms with E-state index in [1.165, 1.54) is 103 Å². The summed E-state index contributed by atoms with van der Waals surface area (Å²) in [4.78, 5) is 0. The molecule has 8 heterocycles. The summed E-state index contributed by atoms with van der Waals surface area (Å²) < 4.78 is 39.6. The van der Waals surface area contributed by atoms with Crippen molar-refractivity contribution >= 4 is 23.1 Å². The van der Waals surface area contributed by atoms with Crippen molar-refractivity contribution in [1.29, 1.82) is 0 Å². The molecular formula is C62H94MgMn2O8. The predicted octanol–water partition coefficient (Wildman–Crippen LogP) is 14.4. The summed E-state index contributed by atoms with van der Waals surface area (Å²) in [6.45, 7) is 16.0. The normalized spacial score (nSPS) is 16.4. The quantitative estimate of drug-likeness (QED) is 0.110. The van der Waals surface area contributed by atoms with Crippen LogP contribution >= 0.6 is 0 Å². The summed E-state index contributed by atoms with van der Waals surface area (Å²) in [5, 5.41) is 0. The molecule has 8 fully saturated rings. The third-order valence-electron chi connectivity index (χ3n) is 9.95. The van der Waals surface area contributed by atoms with E-state index in [0.29, 0.717) is 0 Å². The molecule has 0 atom stereocenters. The Labute approximate surface area is 482 Å². The Hall–Kier alpha value is -2.41. The minimum Gasteiger partial charge on any atom is -0.381 e. The van der Waals surface area contributed by atoms with E-state index in [-0.39, 0.29) is 57.2 Å². The molecule has 8 nitrogen and oxygen atoms in total. The first-order chi connectivity index (χ1) is 35.0. The second kappa shape index (κ2) is 71.7. The van der Waals surface area contributed by atoms with Crippen molar-refractivity contribution in [2.45, 2.75) is 103 Å². The van der Waals surface area contributed by atoms with Gasteiger partial charge in [0, 0.05) is 106 Å². The molecule has 0 saturated carbocycles. The molecule has 2 radical (unpaired) electrons. The summed E-state index contributed by atoms with van der Waals surface area (Å²) in [5.74, 6) is 0. The van der Waals surface area contributed by atoms with Crippen LogP contribution in [0, 0.1) is 0 Å². The molecule has 8 aliphatic rings. The van der Waals surface area contributed by atoms with E-state index in [0.717, 1.165) is 106 Å². The number of hydrogen-bond donors (Lipinski definition) is 0. The first-order valence-electron chi connectivity index (χ1n) is 26.6. The van der Waals surface area contributed by atoms with E-state index in [9.17, 15) is 0 Å². The topological polar surface area (TPSA) is 73.8 Å². The van der Waals surface area contributed by atoms with E-state index in [2.05, 4.69) is 0 Å². The molecule has 0 aromatic heterocycles. The standard InChI is InChI=1S/6C5H5.8C4H8O.Mg.2Mn/c14*1-2-4-5-3-1;;;/h6*1-5H;8*1-4H2;;;/q6*-1;;;;;;;;;3*+2. The summed E-state index contributed by atoms with van der Waals surface area (Å²) in [6, 6.07) is 60.0. The predicted molar refractivity (Wildman–Crippen MR) is 298 cm³/mol. The van der Waals surface area contributed by atoms with Gasteiger partial charge in [-0.15, -0.1) is 0 Å². The minimum atomic E-state index is 0. The zero-order chi connectivity index (χ0) is 49.5. The van der Waals surface area contributed by atoms with Crippen molar-refractivity contribution < 1.29 is 72.0 Å². The van der Waals surface area contributed by atoms with Gasteiger partial charge in [0.2, 0.25) is 0 Å². The van der Waals surface area contributed by atoms with Gasteiger partial charge in [0.1, 0.15) is 0 Å². The van der Waals surface area contributed by atoms with Crippen LogP contribution in [-0.4, -0.2) is 129 Å². The molecule has 406 valence electrons. The summed E-state index contributed by atoms with van der Waals surface area (Å²) in [7, 11) is 0. The molecule has 11 heteroatoms. The van der Waals surface area contributed by atoms with Crippen LogP contribution in [0.2, 0.25) is 0 Å². The average molecular weight is 1100 g/mol. The summed E-state index contributed by atoms with van der Waals surface area (Å²) in [6.07, 6.45) is 20.4. The van der Waals surface area contributed by atoms with Crippen molar-refractivity contribution in [1.82, 2.24) is 0 Å². The summed E-state index contributed by atoms with van der Waals surface area (Å²) in [5.41, 5.74) is 0. The van der Waals surface area contributed by atoms with Crippen LogP contribution < -0.4 is 0 Å². The Morgan fingerprint density at radius 1 is 0.164 bits per heavy atom. The third-order valence-corrected chi connectivity index (χ3v) is 9.95. The zero-order valence-corrected chi connectivity index (χ0v) is 48.5. The van der Waals surface area contributed by atoms with Crippen molar-refractivity contribution in [3.8, 4) is 0 Å². The first-order valence-corrected chi connectivity index (χ1v) is 26.6. The maximum atomic E-state index is 4.94. The Morgan fingerprint density at radius 2 is 0.247 bits per heavy atom. The van der Waals surface area contributed by atoms with Crippen molar-refractivity contribution in [3.05, 3.63) is 182 Å². The van der Waals surface area contributed by atoms with Crippen LogP contribution in [0.15, 0.2) is 182 Å². The average Bonchev–Trinajstić information content (AvgIpc) is 4.33. The molecule has 8 saturated heterocycles. The number of hydrogen-bond acceptors (Lipinski definition) is 8. The van der Waals surface area contributed by atoms with Crippen LogP contribution in [0.1, 0.15) is 103 Å². The third kappa shape index (κ3) is 69.6.